The first-order chi connectivity index (χ1) is 17.2. The molecule has 37 heavy (non-hydrogen) atoms. The lowest BCUT2D eigenvalue weighted by Gasteiger charge is -2.65. The van der Waals surface area contributed by atoms with Crippen molar-refractivity contribution in [3.05, 3.63) is 46.3 Å². The normalized spacial score (nSPS) is 30.9. The molecule has 2 aliphatic carbocycles. The van der Waals surface area contributed by atoms with Gasteiger partial charge in [-0.2, -0.15) is 0 Å². The summed E-state index contributed by atoms with van der Waals surface area (Å²) in [5.41, 5.74) is 1.58. The van der Waals surface area contributed by atoms with E-state index < -0.39 is 22.3 Å². The Kier molecular flexibility index (Phi) is 10.4. The standard InChI is InChI=1S/C33H52O4/c1-10-25(8)28(35)33-21-32(18-15-24(6)7,29(36)27(30(33)37)14-13-23(4)5)20-26(16-19-34)31(33,9)17-11-12-22(2)3/h12-13,15,19,25-26,28,35-36H,10-11,14,16-18,20-21H2,1-9H3/t25?,26-,28?,31+,32-,33-/m0/s1. The molecule has 0 aromatic rings. The van der Waals surface area contributed by atoms with E-state index in [1.165, 1.54) is 5.57 Å². The molecule has 6 atom stereocenters. The van der Waals surface area contributed by atoms with Crippen LogP contribution in [0.4, 0.5) is 0 Å². The van der Waals surface area contributed by atoms with Crippen LogP contribution in [-0.2, 0) is 9.59 Å². The van der Waals surface area contributed by atoms with E-state index in [1.807, 2.05) is 40.7 Å². The van der Waals surface area contributed by atoms with E-state index in [9.17, 15) is 19.8 Å². The van der Waals surface area contributed by atoms with Gasteiger partial charge < -0.3 is 15.0 Å². The molecule has 0 saturated heterocycles. The number of aliphatic hydroxyl groups excluding tert-OH is 2. The van der Waals surface area contributed by atoms with Crippen molar-refractivity contribution in [1.82, 2.24) is 0 Å². The van der Waals surface area contributed by atoms with Crippen molar-refractivity contribution < 1.29 is 19.8 Å². The zero-order chi connectivity index (χ0) is 28.2. The minimum absolute atomic E-state index is 0.0900. The highest BCUT2D eigenvalue weighted by Gasteiger charge is 2.70. The van der Waals surface area contributed by atoms with Gasteiger partial charge in [0.15, 0.2) is 5.78 Å². The molecule has 0 radical (unpaired) electrons. The van der Waals surface area contributed by atoms with Crippen LogP contribution in [0.5, 0.6) is 0 Å². The molecular formula is C33H52O4. The Bertz CT molecular complexity index is 970. The number of aldehydes is 1. The summed E-state index contributed by atoms with van der Waals surface area (Å²) in [5, 5.41) is 24.0. The average Bonchev–Trinajstić information content (AvgIpc) is 2.82. The van der Waals surface area contributed by atoms with Crippen molar-refractivity contribution in [2.24, 2.45) is 28.1 Å². The number of fused-ring (bicyclic) bond motifs is 2. The predicted molar refractivity (Wildman–Crippen MR) is 153 cm³/mol. The third kappa shape index (κ3) is 5.90. The van der Waals surface area contributed by atoms with Gasteiger partial charge in [-0.1, -0.05) is 62.1 Å². The Hall–Kier alpha value is -1.94. The molecule has 0 aliphatic heterocycles. The van der Waals surface area contributed by atoms with Crippen LogP contribution in [0, 0.1) is 28.1 Å². The quantitative estimate of drug-likeness (QED) is 0.204. The monoisotopic (exact) mass is 512 g/mol. The number of hydrogen-bond donors (Lipinski definition) is 2. The van der Waals surface area contributed by atoms with E-state index in [0.29, 0.717) is 44.1 Å². The number of carbonyl (C=O) groups excluding carboxylic acids is 2. The topological polar surface area (TPSA) is 74.6 Å². The molecule has 208 valence electrons. The van der Waals surface area contributed by atoms with Gasteiger partial charge in [0, 0.05) is 17.4 Å². The summed E-state index contributed by atoms with van der Waals surface area (Å²) in [6.07, 6.45) is 11.0. The van der Waals surface area contributed by atoms with Crippen LogP contribution < -0.4 is 0 Å². The molecule has 0 spiro atoms. The summed E-state index contributed by atoms with van der Waals surface area (Å²) in [5.74, 6) is -0.141. The van der Waals surface area contributed by atoms with Gasteiger partial charge >= 0.3 is 0 Å². The number of carbonyl (C=O) groups is 2. The number of allylic oxidation sites excluding steroid dienone is 8. The maximum Gasteiger partial charge on any atom is 0.171 e. The van der Waals surface area contributed by atoms with Crippen molar-refractivity contribution in [2.45, 2.75) is 120 Å². The molecule has 1 saturated carbocycles. The Morgan fingerprint density at radius 2 is 1.65 bits per heavy atom. The van der Waals surface area contributed by atoms with E-state index in [0.717, 1.165) is 30.3 Å². The van der Waals surface area contributed by atoms with E-state index in [4.69, 9.17) is 0 Å². The lowest BCUT2D eigenvalue weighted by Crippen LogP contribution is -2.66. The minimum Gasteiger partial charge on any atom is -0.511 e. The summed E-state index contributed by atoms with van der Waals surface area (Å²) >= 11 is 0. The molecule has 1 fully saturated rings. The van der Waals surface area contributed by atoms with Gasteiger partial charge in [-0.25, -0.2) is 0 Å². The molecular weight excluding hydrogens is 460 g/mol. The third-order valence-electron chi connectivity index (χ3n) is 9.54. The highest BCUT2D eigenvalue weighted by molar-refractivity contribution is 6.03. The molecule has 0 heterocycles. The summed E-state index contributed by atoms with van der Waals surface area (Å²) in [7, 11) is 0. The molecule has 2 rings (SSSR count). The predicted octanol–water partition coefficient (Wildman–Crippen LogP) is 8.23. The summed E-state index contributed by atoms with van der Waals surface area (Å²) in [6.45, 7) is 18.5. The SMILES string of the molecule is CCC(C)C(O)[C@]12C[C@](CC=C(C)C)(C[C@H](CC=O)[C@@]1(C)CCC=C(C)C)C(O)=C(CC=C(C)C)C2=O. The smallest absolute Gasteiger partial charge is 0.171 e. The van der Waals surface area contributed by atoms with Crippen LogP contribution in [0.2, 0.25) is 0 Å². The lowest BCUT2D eigenvalue weighted by molar-refractivity contribution is -0.195. The zero-order valence-electron chi connectivity index (χ0n) is 24.9. The first kappa shape index (κ1) is 31.3. The van der Waals surface area contributed by atoms with Crippen molar-refractivity contribution in [1.29, 1.82) is 0 Å². The van der Waals surface area contributed by atoms with Crippen molar-refractivity contribution in [3.63, 3.8) is 0 Å². The van der Waals surface area contributed by atoms with Crippen molar-refractivity contribution in [2.75, 3.05) is 0 Å². The van der Waals surface area contributed by atoms with Crippen LogP contribution in [0.25, 0.3) is 0 Å². The fraction of sp³-hybridized carbons (Fsp3) is 0.697. The van der Waals surface area contributed by atoms with E-state index in [-0.39, 0.29) is 23.4 Å². The van der Waals surface area contributed by atoms with E-state index in [2.05, 4.69) is 39.8 Å². The Morgan fingerprint density at radius 3 is 2.16 bits per heavy atom. The largest absolute Gasteiger partial charge is 0.511 e. The van der Waals surface area contributed by atoms with Crippen LogP contribution >= 0.6 is 0 Å². The molecule has 0 amide bonds. The maximum absolute atomic E-state index is 14.8. The van der Waals surface area contributed by atoms with E-state index in [1.54, 1.807) is 0 Å². The molecule has 2 unspecified atom stereocenters. The van der Waals surface area contributed by atoms with E-state index >= 15 is 0 Å². The van der Waals surface area contributed by atoms with Crippen molar-refractivity contribution >= 4 is 12.1 Å². The number of rotatable bonds is 12. The first-order valence-corrected chi connectivity index (χ1v) is 14.2. The van der Waals surface area contributed by atoms with Crippen LogP contribution in [-0.4, -0.2) is 28.4 Å². The maximum atomic E-state index is 14.8. The molecule has 0 aromatic carbocycles. The van der Waals surface area contributed by atoms with Gasteiger partial charge in [0.1, 0.15) is 12.0 Å². The van der Waals surface area contributed by atoms with Crippen LogP contribution in [0.15, 0.2) is 46.3 Å². The second kappa shape index (κ2) is 12.3. The average molecular weight is 513 g/mol. The second-order valence-corrected chi connectivity index (χ2v) is 12.9. The van der Waals surface area contributed by atoms with Crippen LogP contribution in [0.3, 0.4) is 0 Å². The molecule has 2 aliphatic rings. The van der Waals surface area contributed by atoms with Gasteiger partial charge in [-0.15, -0.1) is 0 Å². The molecule has 4 heteroatoms. The first-order valence-electron chi connectivity index (χ1n) is 14.2. The van der Waals surface area contributed by atoms with Crippen LogP contribution in [0.1, 0.15) is 114 Å². The van der Waals surface area contributed by atoms with Gasteiger partial charge in [0.25, 0.3) is 0 Å². The fourth-order valence-electron chi connectivity index (χ4n) is 7.07. The molecule has 0 aromatic heterocycles. The Labute approximate surface area is 226 Å². The summed E-state index contributed by atoms with van der Waals surface area (Å²) < 4.78 is 0. The fourth-order valence-corrected chi connectivity index (χ4v) is 7.07. The molecule has 4 nitrogen and oxygen atoms in total. The minimum atomic E-state index is -1.07. The second-order valence-electron chi connectivity index (χ2n) is 12.9. The zero-order valence-corrected chi connectivity index (χ0v) is 24.9. The van der Waals surface area contributed by atoms with Gasteiger partial charge in [0.05, 0.1) is 11.5 Å². The number of aliphatic hydroxyl groups is 2. The summed E-state index contributed by atoms with van der Waals surface area (Å²) in [4.78, 5) is 26.8. The third-order valence-corrected chi connectivity index (χ3v) is 9.54. The Balaban J connectivity index is 2.96. The highest BCUT2D eigenvalue weighted by Crippen LogP contribution is 2.70. The van der Waals surface area contributed by atoms with Gasteiger partial charge in [-0.3, -0.25) is 4.79 Å². The van der Waals surface area contributed by atoms with Gasteiger partial charge in [0.2, 0.25) is 0 Å². The number of ketones is 1. The van der Waals surface area contributed by atoms with Crippen molar-refractivity contribution in [3.8, 4) is 0 Å². The van der Waals surface area contributed by atoms with Gasteiger partial charge in [-0.05, 0) is 97.3 Å². The number of hydrogen-bond acceptors (Lipinski definition) is 4. The molecule has 2 N–H and O–H groups in total. The molecule has 2 bridgehead atoms. The summed E-state index contributed by atoms with van der Waals surface area (Å²) in [6, 6.07) is 0. The Morgan fingerprint density at radius 1 is 1.05 bits per heavy atom. The number of Topliss-reactive ketones (excluding diaryl/α,β-unsaturated/α-hetero) is 1. The lowest BCUT2D eigenvalue weighted by atomic mass is 9.38. The highest BCUT2D eigenvalue weighted by atomic mass is 16.3.